The number of carboxylic acid groups (broad SMARTS) is 1. The van der Waals surface area contributed by atoms with Gasteiger partial charge in [0.1, 0.15) is 5.82 Å². The summed E-state index contributed by atoms with van der Waals surface area (Å²) in [5.74, 6) is -0.932. The molecular formula is C17H26FN3O2. The Morgan fingerprint density at radius 1 is 1.35 bits per heavy atom. The first-order valence-electron chi connectivity index (χ1n) is 8.21. The van der Waals surface area contributed by atoms with Crippen molar-refractivity contribution in [1.82, 2.24) is 15.8 Å². The third kappa shape index (κ3) is 6.25. The normalized spacial score (nSPS) is 21.0. The average Bonchev–Trinajstić information content (AvgIpc) is 2.96. The Balaban J connectivity index is 1.63. The predicted octanol–water partition coefficient (Wildman–Crippen LogP) is 2.31. The summed E-state index contributed by atoms with van der Waals surface area (Å²) in [5, 5.41) is 8.62. The van der Waals surface area contributed by atoms with Crippen molar-refractivity contribution < 1.29 is 14.3 Å². The summed E-state index contributed by atoms with van der Waals surface area (Å²) in [5.41, 5.74) is 7.50. The van der Waals surface area contributed by atoms with Gasteiger partial charge in [-0.1, -0.05) is 12.1 Å². The maximum atomic E-state index is 13.3. The van der Waals surface area contributed by atoms with E-state index in [4.69, 9.17) is 5.11 Å². The smallest absolute Gasteiger partial charge is 0.303 e. The zero-order valence-corrected chi connectivity index (χ0v) is 13.6. The van der Waals surface area contributed by atoms with E-state index in [0.29, 0.717) is 12.5 Å². The van der Waals surface area contributed by atoms with Crippen molar-refractivity contribution in [3.63, 3.8) is 0 Å². The van der Waals surface area contributed by atoms with Crippen molar-refractivity contribution in [3.8, 4) is 0 Å². The molecule has 0 spiro atoms. The fraction of sp³-hybridized carbons (Fsp3) is 0.588. The highest BCUT2D eigenvalue weighted by Crippen LogP contribution is 2.24. The number of carboxylic acids is 1. The number of nitrogens with one attached hydrogen (secondary N) is 2. The Labute approximate surface area is 136 Å². The first-order chi connectivity index (χ1) is 11.0. The molecule has 1 heterocycles. The van der Waals surface area contributed by atoms with Crippen LogP contribution in [0, 0.1) is 5.82 Å². The maximum Gasteiger partial charge on any atom is 0.303 e. The highest BCUT2D eigenvalue weighted by atomic mass is 19.1. The van der Waals surface area contributed by atoms with Crippen LogP contribution >= 0.6 is 0 Å². The van der Waals surface area contributed by atoms with E-state index in [1.165, 1.54) is 6.07 Å². The number of nitrogens with zero attached hydrogens (tertiary/aromatic N) is 1. The summed E-state index contributed by atoms with van der Waals surface area (Å²) in [6.07, 6.45) is 3.97. The lowest BCUT2D eigenvalue weighted by atomic mass is 9.99. The molecule has 6 heteroatoms. The molecular weight excluding hydrogens is 297 g/mol. The third-order valence-electron chi connectivity index (χ3n) is 4.26. The first kappa shape index (κ1) is 17.8. The van der Waals surface area contributed by atoms with Gasteiger partial charge in [0.25, 0.3) is 0 Å². The molecule has 0 radical (unpaired) electrons. The summed E-state index contributed by atoms with van der Waals surface area (Å²) in [6.45, 7) is 1.77. The summed E-state index contributed by atoms with van der Waals surface area (Å²) >= 11 is 0. The molecule has 23 heavy (non-hydrogen) atoms. The van der Waals surface area contributed by atoms with Crippen LogP contribution in [0.15, 0.2) is 24.3 Å². The number of hydrogen-bond acceptors (Lipinski definition) is 4. The number of carbonyl (C=O) groups is 1. The molecule has 2 unspecified atom stereocenters. The minimum Gasteiger partial charge on any atom is -0.481 e. The summed E-state index contributed by atoms with van der Waals surface area (Å²) < 4.78 is 13.3. The van der Waals surface area contributed by atoms with Gasteiger partial charge >= 0.3 is 5.97 Å². The Morgan fingerprint density at radius 3 is 2.87 bits per heavy atom. The molecule has 1 aromatic carbocycles. The van der Waals surface area contributed by atoms with Gasteiger partial charge in [-0.2, -0.15) is 0 Å². The van der Waals surface area contributed by atoms with Crippen LogP contribution in [-0.2, 0) is 4.79 Å². The Morgan fingerprint density at radius 2 is 2.13 bits per heavy atom. The highest BCUT2D eigenvalue weighted by molar-refractivity contribution is 5.66. The van der Waals surface area contributed by atoms with Gasteiger partial charge < -0.3 is 10.0 Å². The van der Waals surface area contributed by atoms with E-state index < -0.39 is 5.97 Å². The quantitative estimate of drug-likeness (QED) is 0.651. The van der Waals surface area contributed by atoms with Crippen LogP contribution in [0.2, 0.25) is 0 Å². The van der Waals surface area contributed by atoms with Crippen LogP contribution in [0.5, 0.6) is 0 Å². The van der Waals surface area contributed by atoms with Crippen molar-refractivity contribution in [2.75, 3.05) is 20.1 Å². The van der Waals surface area contributed by atoms with Crippen LogP contribution in [0.25, 0.3) is 0 Å². The molecule has 1 fully saturated rings. The SMILES string of the molecule is CN(CCCC(=O)O)CCCC1CC(c2cccc(F)c2)NN1. The second kappa shape index (κ2) is 8.96. The number of hydrazine groups is 1. The standard InChI is InChI=1S/C17H26FN3O2/c1-21(10-4-8-17(22)23)9-3-7-15-12-16(20-19-15)13-5-2-6-14(18)11-13/h2,5-6,11,15-16,19-20H,3-4,7-10,12H2,1H3,(H,22,23). The summed E-state index contributed by atoms with van der Waals surface area (Å²) in [6, 6.07) is 7.27. The van der Waals surface area contributed by atoms with Crippen molar-refractivity contribution in [2.45, 2.75) is 44.2 Å². The molecule has 1 aliphatic heterocycles. The van der Waals surface area contributed by atoms with Crippen molar-refractivity contribution in [3.05, 3.63) is 35.6 Å². The largest absolute Gasteiger partial charge is 0.481 e. The topological polar surface area (TPSA) is 64.6 Å². The van der Waals surface area contributed by atoms with Crippen LogP contribution in [-0.4, -0.2) is 42.2 Å². The van der Waals surface area contributed by atoms with Crippen molar-refractivity contribution >= 4 is 5.97 Å². The van der Waals surface area contributed by atoms with Crippen LogP contribution in [0.4, 0.5) is 4.39 Å². The molecule has 1 aliphatic rings. The minimum atomic E-state index is -0.733. The lowest BCUT2D eigenvalue weighted by Gasteiger charge is -2.17. The van der Waals surface area contributed by atoms with Gasteiger partial charge in [-0.15, -0.1) is 0 Å². The molecule has 0 amide bonds. The Bertz CT molecular complexity index is 512. The fourth-order valence-electron chi connectivity index (χ4n) is 2.97. The molecule has 3 N–H and O–H groups in total. The second-order valence-corrected chi connectivity index (χ2v) is 6.27. The first-order valence-corrected chi connectivity index (χ1v) is 8.21. The molecule has 1 aromatic rings. The zero-order chi connectivity index (χ0) is 16.7. The molecule has 0 aromatic heterocycles. The van der Waals surface area contributed by atoms with E-state index >= 15 is 0 Å². The number of benzene rings is 1. The van der Waals surface area contributed by atoms with E-state index in [9.17, 15) is 9.18 Å². The molecule has 2 rings (SSSR count). The monoisotopic (exact) mass is 323 g/mol. The minimum absolute atomic E-state index is 0.156. The molecule has 1 saturated heterocycles. The van der Waals surface area contributed by atoms with E-state index in [-0.39, 0.29) is 18.3 Å². The van der Waals surface area contributed by atoms with Gasteiger partial charge in [0.15, 0.2) is 0 Å². The van der Waals surface area contributed by atoms with Gasteiger partial charge in [0, 0.05) is 18.5 Å². The molecule has 128 valence electrons. The van der Waals surface area contributed by atoms with Gasteiger partial charge in [0.2, 0.25) is 0 Å². The number of aliphatic carboxylic acids is 1. The predicted molar refractivity (Wildman–Crippen MR) is 87.4 cm³/mol. The Hall–Kier alpha value is -1.50. The van der Waals surface area contributed by atoms with Gasteiger partial charge in [0.05, 0.1) is 0 Å². The average molecular weight is 323 g/mol. The van der Waals surface area contributed by atoms with Crippen LogP contribution in [0.3, 0.4) is 0 Å². The molecule has 0 saturated carbocycles. The van der Waals surface area contributed by atoms with E-state index in [1.807, 2.05) is 13.1 Å². The summed E-state index contributed by atoms with van der Waals surface area (Å²) in [4.78, 5) is 12.7. The molecule has 0 aliphatic carbocycles. The molecule has 2 atom stereocenters. The van der Waals surface area contributed by atoms with Gasteiger partial charge in [-0.25, -0.2) is 4.39 Å². The zero-order valence-electron chi connectivity index (χ0n) is 13.6. The number of rotatable bonds is 9. The van der Waals surface area contributed by atoms with E-state index in [0.717, 1.165) is 37.9 Å². The highest BCUT2D eigenvalue weighted by Gasteiger charge is 2.24. The summed E-state index contributed by atoms with van der Waals surface area (Å²) in [7, 11) is 2.03. The number of hydrogen-bond donors (Lipinski definition) is 3. The van der Waals surface area contributed by atoms with E-state index in [2.05, 4.69) is 15.8 Å². The van der Waals surface area contributed by atoms with Crippen molar-refractivity contribution in [2.24, 2.45) is 0 Å². The fourth-order valence-corrected chi connectivity index (χ4v) is 2.97. The van der Waals surface area contributed by atoms with Crippen LogP contribution < -0.4 is 10.9 Å². The lowest BCUT2D eigenvalue weighted by Crippen LogP contribution is -2.31. The molecule has 0 bridgehead atoms. The van der Waals surface area contributed by atoms with Gasteiger partial charge in [-0.05, 0) is 63.5 Å². The van der Waals surface area contributed by atoms with Crippen molar-refractivity contribution in [1.29, 1.82) is 0 Å². The molecule has 5 nitrogen and oxygen atoms in total. The second-order valence-electron chi connectivity index (χ2n) is 6.27. The number of halogens is 1. The van der Waals surface area contributed by atoms with E-state index in [1.54, 1.807) is 12.1 Å². The van der Waals surface area contributed by atoms with Crippen LogP contribution in [0.1, 0.15) is 43.7 Å². The third-order valence-corrected chi connectivity index (χ3v) is 4.26. The Kier molecular flexibility index (Phi) is 6.95. The van der Waals surface area contributed by atoms with Gasteiger partial charge in [-0.3, -0.25) is 15.6 Å². The lowest BCUT2D eigenvalue weighted by molar-refractivity contribution is -0.137. The maximum absolute atomic E-state index is 13.3.